The van der Waals surface area contributed by atoms with Crippen molar-refractivity contribution < 1.29 is 22.4 Å². The van der Waals surface area contributed by atoms with Crippen LogP contribution in [-0.2, 0) is 16.4 Å². The zero-order valence-electron chi connectivity index (χ0n) is 17.7. The maximum Gasteiger partial charge on any atom is 0.349 e. The Morgan fingerprint density at radius 3 is 2.52 bits per heavy atom. The van der Waals surface area contributed by atoms with E-state index in [4.69, 9.17) is 9.15 Å². The molecule has 0 aliphatic rings. The predicted octanol–water partition coefficient (Wildman–Crippen LogP) is 3.69. The Kier molecular flexibility index (Phi) is 6.35. The van der Waals surface area contributed by atoms with Gasteiger partial charge in [0.2, 0.25) is 10.0 Å². The van der Waals surface area contributed by atoms with Crippen molar-refractivity contribution in [3.63, 3.8) is 0 Å². The largest absolute Gasteiger partial charge is 0.496 e. The molecular weight excluding hydrogens is 420 g/mol. The lowest BCUT2D eigenvalue weighted by molar-refractivity contribution is 0.102. The number of aryl methyl sites for hydroxylation is 2. The van der Waals surface area contributed by atoms with Gasteiger partial charge in [0, 0.05) is 22.3 Å². The van der Waals surface area contributed by atoms with Crippen LogP contribution in [0, 0.1) is 6.92 Å². The van der Waals surface area contributed by atoms with E-state index in [0.29, 0.717) is 40.1 Å². The van der Waals surface area contributed by atoms with E-state index < -0.39 is 21.6 Å². The maximum absolute atomic E-state index is 12.8. The van der Waals surface area contributed by atoms with Gasteiger partial charge in [0.1, 0.15) is 16.9 Å². The molecule has 31 heavy (non-hydrogen) atoms. The number of carbonyl (C=O) groups excluding carboxylic acids is 1. The van der Waals surface area contributed by atoms with Crippen LogP contribution in [0.15, 0.2) is 45.6 Å². The fourth-order valence-electron chi connectivity index (χ4n) is 3.33. The number of ether oxygens (including phenoxy) is 1. The third kappa shape index (κ3) is 5.05. The van der Waals surface area contributed by atoms with E-state index in [1.807, 2.05) is 6.92 Å². The van der Waals surface area contributed by atoms with Gasteiger partial charge in [0.05, 0.1) is 13.4 Å². The molecular formula is C22H24N2O6S. The lowest BCUT2D eigenvalue weighted by Crippen LogP contribution is -2.21. The number of carbonyl (C=O) groups is 1. The zero-order chi connectivity index (χ0) is 22.8. The highest BCUT2D eigenvalue weighted by molar-refractivity contribution is 7.92. The quantitative estimate of drug-likeness (QED) is 0.537. The molecule has 0 saturated heterocycles. The Hall–Kier alpha value is -3.33. The highest BCUT2D eigenvalue weighted by atomic mass is 32.2. The monoisotopic (exact) mass is 444 g/mol. The number of sulfonamides is 1. The average molecular weight is 445 g/mol. The van der Waals surface area contributed by atoms with Crippen LogP contribution >= 0.6 is 0 Å². The summed E-state index contributed by atoms with van der Waals surface area (Å²) in [5.74, 6) is 0.0172. The topological polar surface area (TPSA) is 115 Å². The number of anilines is 2. The number of fused-ring (bicyclic) bond motifs is 1. The first-order valence-corrected chi connectivity index (χ1v) is 11.6. The van der Waals surface area contributed by atoms with Crippen LogP contribution in [0.5, 0.6) is 5.75 Å². The minimum Gasteiger partial charge on any atom is -0.496 e. The van der Waals surface area contributed by atoms with E-state index >= 15 is 0 Å². The van der Waals surface area contributed by atoms with E-state index in [9.17, 15) is 18.0 Å². The molecule has 9 heteroatoms. The van der Waals surface area contributed by atoms with Crippen molar-refractivity contribution in [2.75, 3.05) is 23.4 Å². The van der Waals surface area contributed by atoms with Crippen molar-refractivity contribution in [1.82, 2.24) is 0 Å². The van der Waals surface area contributed by atoms with Crippen molar-refractivity contribution >= 4 is 38.3 Å². The second kappa shape index (κ2) is 8.81. The van der Waals surface area contributed by atoms with Gasteiger partial charge in [-0.1, -0.05) is 13.3 Å². The second-order valence-corrected chi connectivity index (χ2v) is 8.97. The van der Waals surface area contributed by atoms with Gasteiger partial charge < -0.3 is 14.5 Å². The molecule has 0 bridgehead atoms. The summed E-state index contributed by atoms with van der Waals surface area (Å²) in [7, 11) is -1.86. The first kappa shape index (κ1) is 22.4. The van der Waals surface area contributed by atoms with Gasteiger partial charge in [-0.15, -0.1) is 0 Å². The van der Waals surface area contributed by atoms with Crippen LogP contribution in [0.25, 0.3) is 11.0 Å². The fraction of sp³-hybridized carbons (Fsp3) is 0.273. The van der Waals surface area contributed by atoms with Crippen molar-refractivity contribution in [2.24, 2.45) is 0 Å². The molecule has 8 nitrogen and oxygen atoms in total. The summed E-state index contributed by atoms with van der Waals surface area (Å²) in [4.78, 5) is 25.3. The van der Waals surface area contributed by atoms with Crippen LogP contribution < -0.4 is 20.4 Å². The first-order chi connectivity index (χ1) is 14.6. The van der Waals surface area contributed by atoms with Crippen molar-refractivity contribution in [3.8, 4) is 5.75 Å². The third-order valence-electron chi connectivity index (χ3n) is 4.70. The molecule has 0 aliphatic heterocycles. The molecule has 164 valence electrons. The summed E-state index contributed by atoms with van der Waals surface area (Å²) in [5.41, 5.74) is 1.78. The Morgan fingerprint density at radius 2 is 1.90 bits per heavy atom. The van der Waals surface area contributed by atoms with Crippen molar-refractivity contribution in [1.29, 1.82) is 0 Å². The molecule has 3 rings (SSSR count). The summed E-state index contributed by atoms with van der Waals surface area (Å²) in [6.07, 6.45) is 2.56. The number of amides is 1. The van der Waals surface area contributed by atoms with E-state index in [2.05, 4.69) is 10.0 Å². The van der Waals surface area contributed by atoms with Crippen LogP contribution in [0.4, 0.5) is 11.4 Å². The Morgan fingerprint density at radius 1 is 1.16 bits per heavy atom. The molecule has 1 amide bonds. The van der Waals surface area contributed by atoms with Gasteiger partial charge in [-0.3, -0.25) is 9.52 Å². The molecule has 0 aliphatic carbocycles. The van der Waals surface area contributed by atoms with Crippen LogP contribution in [-0.4, -0.2) is 27.7 Å². The number of benzene rings is 2. The lowest BCUT2D eigenvalue weighted by atomic mass is 10.0. The van der Waals surface area contributed by atoms with E-state index in [0.717, 1.165) is 18.2 Å². The van der Waals surface area contributed by atoms with E-state index in [1.54, 1.807) is 38.3 Å². The first-order valence-electron chi connectivity index (χ1n) is 9.66. The molecule has 0 fully saturated rings. The van der Waals surface area contributed by atoms with Crippen molar-refractivity contribution in [3.05, 3.63) is 63.5 Å². The van der Waals surface area contributed by atoms with Crippen LogP contribution in [0.1, 0.15) is 34.8 Å². The molecule has 0 unspecified atom stereocenters. The highest BCUT2D eigenvalue weighted by Gasteiger charge is 2.18. The molecule has 0 saturated carbocycles. The zero-order valence-corrected chi connectivity index (χ0v) is 18.6. The number of nitrogens with one attached hydrogen (secondary N) is 2. The summed E-state index contributed by atoms with van der Waals surface area (Å²) < 4.78 is 36.0. The molecule has 2 N–H and O–H groups in total. The standard InChI is InChI=1S/C22H24N2O6S/c1-5-6-16-19(29-3)10-7-14-12-17(22(26)30-20(14)16)21(25)23-18-9-8-15(11-13(18)2)24-31(4,27)28/h7-12,24H,5-6H2,1-4H3,(H,23,25). The second-order valence-electron chi connectivity index (χ2n) is 7.22. The smallest absolute Gasteiger partial charge is 0.349 e. The van der Waals surface area contributed by atoms with E-state index in [-0.39, 0.29) is 5.56 Å². The van der Waals surface area contributed by atoms with E-state index in [1.165, 1.54) is 12.1 Å². The maximum atomic E-state index is 12.8. The summed E-state index contributed by atoms with van der Waals surface area (Å²) >= 11 is 0. The Balaban J connectivity index is 1.94. The van der Waals surface area contributed by atoms with Gasteiger partial charge in [-0.25, -0.2) is 13.2 Å². The minimum absolute atomic E-state index is 0.127. The minimum atomic E-state index is -3.41. The lowest BCUT2D eigenvalue weighted by Gasteiger charge is -2.12. The molecule has 1 heterocycles. The molecule has 2 aromatic carbocycles. The number of hydrogen-bond acceptors (Lipinski definition) is 6. The van der Waals surface area contributed by atoms with Crippen LogP contribution in [0.3, 0.4) is 0 Å². The molecule has 0 radical (unpaired) electrons. The highest BCUT2D eigenvalue weighted by Crippen LogP contribution is 2.29. The number of hydrogen-bond donors (Lipinski definition) is 2. The average Bonchev–Trinajstić information content (AvgIpc) is 2.69. The Bertz CT molecular complexity index is 1310. The summed E-state index contributed by atoms with van der Waals surface area (Å²) in [6.45, 7) is 3.73. The predicted molar refractivity (Wildman–Crippen MR) is 121 cm³/mol. The third-order valence-corrected chi connectivity index (χ3v) is 5.31. The fourth-order valence-corrected chi connectivity index (χ4v) is 3.89. The van der Waals surface area contributed by atoms with Gasteiger partial charge in [0.15, 0.2) is 0 Å². The SMILES string of the molecule is CCCc1c(OC)ccc2cc(C(=O)Nc3ccc(NS(C)(=O)=O)cc3C)c(=O)oc12. The molecule has 0 atom stereocenters. The molecule has 1 aromatic heterocycles. The van der Waals surface area contributed by atoms with Gasteiger partial charge in [-0.05, 0) is 55.3 Å². The number of rotatable bonds is 7. The van der Waals surface area contributed by atoms with Crippen molar-refractivity contribution in [2.45, 2.75) is 26.7 Å². The van der Waals surface area contributed by atoms with Gasteiger partial charge in [0.25, 0.3) is 5.91 Å². The normalized spacial score (nSPS) is 11.4. The summed E-state index contributed by atoms with van der Waals surface area (Å²) in [6, 6.07) is 9.70. The summed E-state index contributed by atoms with van der Waals surface area (Å²) in [5, 5.41) is 3.31. The number of methoxy groups -OCH3 is 1. The molecule has 3 aromatic rings. The van der Waals surface area contributed by atoms with Gasteiger partial charge in [-0.2, -0.15) is 0 Å². The van der Waals surface area contributed by atoms with Gasteiger partial charge >= 0.3 is 5.63 Å². The Labute approximate surface area is 180 Å². The van der Waals surface area contributed by atoms with Crippen LogP contribution in [0.2, 0.25) is 0 Å². The molecule has 0 spiro atoms.